The summed E-state index contributed by atoms with van der Waals surface area (Å²) in [6, 6.07) is 0. The number of aliphatic hydroxyl groups is 1. The lowest BCUT2D eigenvalue weighted by atomic mass is 10.7. The second kappa shape index (κ2) is 4.06. The molecule has 80 valence electrons. The van der Waals surface area contributed by atoms with E-state index < -0.39 is 27.5 Å². The van der Waals surface area contributed by atoms with Crippen molar-refractivity contribution in [2.24, 2.45) is 0 Å². The van der Waals surface area contributed by atoms with Crippen LogP contribution in [0.5, 0.6) is 0 Å². The predicted molar refractivity (Wildman–Crippen MR) is 45.6 cm³/mol. The molecule has 0 aromatic heterocycles. The Morgan fingerprint density at radius 2 is 2.07 bits per heavy atom. The average molecular weight is 242 g/mol. The first-order chi connectivity index (χ1) is 6.46. The average Bonchev–Trinajstić information content (AvgIpc) is 2.11. The van der Waals surface area contributed by atoms with E-state index in [1.165, 1.54) is 0 Å². The van der Waals surface area contributed by atoms with Crippen LogP contribution in [0.3, 0.4) is 0 Å². The molecule has 1 rings (SSSR count). The molecule has 1 aliphatic heterocycles. The van der Waals surface area contributed by atoms with Crippen LogP contribution < -0.4 is 0 Å². The third kappa shape index (κ3) is 2.20. The van der Waals surface area contributed by atoms with Gasteiger partial charge >= 0.3 is 15.4 Å². The van der Waals surface area contributed by atoms with Gasteiger partial charge in [0.25, 0.3) is 5.52 Å². The molecule has 0 atom stereocenters. The van der Waals surface area contributed by atoms with Crippen molar-refractivity contribution < 1.29 is 32.2 Å². The fourth-order valence-corrected chi connectivity index (χ4v) is 4.37. The first-order valence-electron chi connectivity index (χ1n) is 3.51. The van der Waals surface area contributed by atoms with Gasteiger partial charge in [0.05, 0.1) is 13.2 Å². The molecule has 0 aliphatic carbocycles. The van der Waals surface area contributed by atoms with E-state index in [1.54, 1.807) is 0 Å². The van der Waals surface area contributed by atoms with Crippen LogP contribution in [-0.4, -0.2) is 23.8 Å². The van der Waals surface area contributed by atoms with Gasteiger partial charge in [-0.15, -0.1) is 0 Å². The Morgan fingerprint density at radius 3 is 2.50 bits per heavy atom. The van der Waals surface area contributed by atoms with Gasteiger partial charge in [-0.3, -0.25) is 9.32 Å². The van der Waals surface area contributed by atoms with Crippen molar-refractivity contribution >= 4 is 20.9 Å². The topological polar surface area (TPSA) is 99.1 Å². The third-order valence-electron chi connectivity index (χ3n) is 1.20. The maximum absolute atomic E-state index is 11.2. The van der Waals surface area contributed by atoms with Gasteiger partial charge in [-0.05, 0) is 6.08 Å². The van der Waals surface area contributed by atoms with E-state index in [4.69, 9.17) is 5.11 Å². The van der Waals surface area contributed by atoms with Gasteiger partial charge in [-0.25, -0.2) is 17.8 Å². The summed E-state index contributed by atoms with van der Waals surface area (Å²) in [6.07, 6.45) is 0.746. The van der Waals surface area contributed by atoms with Crippen LogP contribution in [0.15, 0.2) is 12.7 Å². The highest BCUT2D eigenvalue weighted by atomic mass is 31.3. The van der Waals surface area contributed by atoms with Crippen LogP contribution in [0, 0.1) is 0 Å². The molecular formula is C5H8O7P2. The van der Waals surface area contributed by atoms with Crippen LogP contribution in [0.25, 0.3) is 0 Å². The Hall–Kier alpha value is -0.290. The van der Waals surface area contributed by atoms with Gasteiger partial charge in [0.15, 0.2) is 0 Å². The molecule has 1 N–H and O–H groups in total. The highest BCUT2D eigenvalue weighted by Crippen LogP contribution is 2.82. The van der Waals surface area contributed by atoms with E-state index in [2.05, 4.69) is 19.7 Å². The third-order valence-corrected chi connectivity index (χ3v) is 5.74. The van der Waals surface area contributed by atoms with E-state index in [0.29, 0.717) is 0 Å². The van der Waals surface area contributed by atoms with Crippen molar-refractivity contribution in [2.75, 3.05) is 13.2 Å². The summed E-state index contributed by atoms with van der Waals surface area (Å²) >= 11 is 0. The highest BCUT2D eigenvalue weighted by Gasteiger charge is 2.58. The Morgan fingerprint density at radius 1 is 1.50 bits per heavy atom. The molecule has 0 unspecified atom stereocenters. The van der Waals surface area contributed by atoms with Crippen molar-refractivity contribution in [1.82, 2.24) is 0 Å². The van der Waals surface area contributed by atoms with Crippen molar-refractivity contribution in [2.45, 2.75) is 0 Å². The zero-order valence-electron chi connectivity index (χ0n) is 6.99. The maximum atomic E-state index is 11.2. The monoisotopic (exact) mass is 242 g/mol. The number of aliphatic hydroxyl groups excluding tert-OH is 1. The van der Waals surface area contributed by atoms with E-state index >= 15 is 0 Å². The fraction of sp³-hybridized carbons (Fsp3) is 0.400. The molecule has 0 radical (unpaired) electrons. The fourth-order valence-electron chi connectivity index (χ4n) is 0.661. The molecule has 1 fully saturated rings. The van der Waals surface area contributed by atoms with Crippen molar-refractivity contribution in [3.63, 3.8) is 0 Å². The van der Waals surface area contributed by atoms with E-state index in [0.717, 1.165) is 6.08 Å². The molecule has 0 saturated carbocycles. The first kappa shape index (κ1) is 11.8. The quantitative estimate of drug-likeness (QED) is 0.568. The van der Waals surface area contributed by atoms with Crippen LogP contribution in [0.4, 0.5) is 0 Å². The lowest BCUT2D eigenvalue weighted by Gasteiger charge is -2.30. The molecule has 1 heterocycles. The largest absolute Gasteiger partial charge is 0.490 e. The Bertz CT molecular complexity index is 334. The summed E-state index contributed by atoms with van der Waals surface area (Å²) in [5.74, 6) is 0. The minimum Gasteiger partial charge on any atom is -0.394 e. The summed E-state index contributed by atoms with van der Waals surface area (Å²) in [4.78, 5) is 10.8. The molecule has 0 bridgehead atoms. The summed E-state index contributed by atoms with van der Waals surface area (Å²) < 4.78 is 35.3. The molecule has 14 heavy (non-hydrogen) atoms. The molecular weight excluding hydrogens is 234 g/mol. The molecule has 1 saturated heterocycles. The molecule has 0 spiro atoms. The van der Waals surface area contributed by atoms with Crippen molar-refractivity contribution in [3.05, 3.63) is 12.7 Å². The van der Waals surface area contributed by atoms with Crippen LogP contribution in [-0.2, 0) is 27.1 Å². The lowest BCUT2D eigenvalue weighted by Crippen LogP contribution is -2.14. The zero-order chi connectivity index (χ0) is 10.8. The van der Waals surface area contributed by atoms with E-state index in [-0.39, 0.29) is 6.61 Å². The molecule has 9 heteroatoms. The number of allylic oxidation sites excluding steroid dienone is 1. The standard InChI is InChI=1S/C5H8O7P2/c1-2-5(7)13(8)11-14(9,12-13)10-4-3-6/h2,6H,1,3-4H2. The normalized spacial score (nSPS) is 36.1. The van der Waals surface area contributed by atoms with Gasteiger partial charge in [0.2, 0.25) is 0 Å². The lowest BCUT2D eigenvalue weighted by molar-refractivity contribution is -0.109. The molecule has 0 aromatic rings. The van der Waals surface area contributed by atoms with Crippen molar-refractivity contribution in [3.8, 4) is 0 Å². The second-order valence-corrected chi connectivity index (χ2v) is 6.10. The van der Waals surface area contributed by atoms with Gasteiger partial charge < -0.3 is 5.11 Å². The molecule has 0 amide bonds. The Labute approximate surface area is 79.8 Å². The maximum Gasteiger partial charge on any atom is 0.490 e. The van der Waals surface area contributed by atoms with Gasteiger partial charge in [-0.1, -0.05) is 6.58 Å². The smallest absolute Gasteiger partial charge is 0.394 e. The minimum absolute atomic E-state index is 0.292. The molecule has 1 aliphatic rings. The second-order valence-electron chi connectivity index (χ2n) is 2.21. The van der Waals surface area contributed by atoms with E-state index in [1.807, 2.05) is 0 Å². The number of phosphoric acid groups is 1. The van der Waals surface area contributed by atoms with Crippen LogP contribution in [0.1, 0.15) is 0 Å². The van der Waals surface area contributed by atoms with Crippen molar-refractivity contribution in [1.29, 1.82) is 0 Å². The summed E-state index contributed by atoms with van der Waals surface area (Å²) in [7, 11) is -7.86. The first-order valence-corrected chi connectivity index (χ1v) is 6.51. The predicted octanol–water partition coefficient (Wildman–Crippen LogP) is 1.06. The van der Waals surface area contributed by atoms with Crippen LogP contribution in [0.2, 0.25) is 0 Å². The number of rotatable bonds is 5. The van der Waals surface area contributed by atoms with Gasteiger partial charge in [0.1, 0.15) is 0 Å². The Kier molecular flexibility index (Phi) is 3.42. The number of hydrogen-bond donors (Lipinski definition) is 1. The summed E-state index contributed by atoms with van der Waals surface area (Å²) in [5.41, 5.74) is -0.975. The van der Waals surface area contributed by atoms with Gasteiger partial charge in [0, 0.05) is 0 Å². The highest BCUT2D eigenvalue weighted by molar-refractivity contribution is 7.88. The molecule has 0 aromatic carbocycles. The zero-order valence-corrected chi connectivity index (χ0v) is 8.78. The number of carbonyl (C=O) groups is 1. The number of carbonyl (C=O) groups excluding carboxylic acids is 1. The Balaban J connectivity index is 2.57. The SMILES string of the molecule is C=CC(=O)P1(=O)OP(=O)(OCCO)O1. The van der Waals surface area contributed by atoms with E-state index in [9.17, 15) is 13.9 Å². The van der Waals surface area contributed by atoms with Crippen LogP contribution >= 0.6 is 15.4 Å². The molecule has 7 nitrogen and oxygen atoms in total. The summed E-state index contributed by atoms with van der Waals surface area (Å²) in [6.45, 7) is 2.38. The summed E-state index contributed by atoms with van der Waals surface area (Å²) in [5, 5.41) is 8.33. The number of hydrogen-bond acceptors (Lipinski definition) is 7. The van der Waals surface area contributed by atoms with Gasteiger partial charge in [-0.2, -0.15) is 0 Å². The minimum atomic E-state index is -3.97.